The van der Waals surface area contributed by atoms with Crippen molar-refractivity contribution in [1.29, 1.82) is 0 Å². The number of aromatic nitrogens is 1. The van der Waals surface area contributed by atoms with Crippen molar-refractivity contribution in [3.8, 4) is 0 Å². The summed E-state index contributed by atoms with van der Waals surface area (Å²) in [7, 11) is 1.74. The van der Waals surface area contributed by atoms with Gasteiger partial charge in [0.15, 0.2) is 5.96 Å². The normalized spacial score (nSPS) is 15.3. The molecule has 164 valence electrons. The minimum atomic E-state index is -0.269. The van der Waals surface area contributed by atoms with E-state index in [9.17, 15) is 4.79 Å². The van der Waals surface area contributed by atoms with E-state index in [-0.39, 0.29) is 35.8 Å². The highest BCUT2D eigenvalue weighted by molar-refractivity contribution is 14.0. The second kappa shape index (κ2) is 12.9. The molecule has 1 unspecified atom stereocenters. The zero-order valence-electron chi connectivity index (χ0n) is 17.5. The Balaban J connectivity index is 0.00000320. The molecule has 2 aromatic rings. The number of carbonyl (C=O) groups is 1. The number of aryl methyl sites for hydroxylation is 1. The van der Waals surface area contributed by atoms with Gasteiger partial charge in [-0.2, -0.15) is 0 Å². The van der Waals surface area contributed by atoms with Crippen LogP contribution >= 0.6 is 35.3 Å². The Morgan fingerprint density at radius 3 is 2.63 bits per heavy atom. The Morgan fingerprint density at radius 2 is 2.00 bits per heavy atom. The summed E-state index contributed by atoms with van der Waals surface area (Å²) in [5.41, 5.74) is 1.00. The molecule has 3 rings (SSSR count). The van der Waals surface area contributed by atoms with E-state index in [1.54, 1.807) is 18.4 Å². The molecule has 1 aliphatic heterocycles. The average molecular weight is 543 g/mol. The fraction of sp³-hybridized carbons (Fsp3) is 0.476. The third-order valence-corrected chi connectivity index (χ3v) is 5.79. The molecular formula is C21H30IN5O2S. The monoisotopic (exact) mass is 543 g/mol. The molecule has 1 atom stereocenters. The second-order valence-electron chi connectivity index (χ2n) is 6.90. The Bertz CT molecular complexity index is 809. The van der Waals surface area contributed by atoms with Crippen molar-refractivity contribution in [3.05, 3.63) is 52.0 Å². The van der Waals surface area contributed by atoms with E-state index in [0.717, 1.165) is 23.5 Å². The predicted octanol–water partition coefficient (Wildman–Crippen LogP) is 2.42. The Hall–Kier alpha value is -1.72. The van der Waals surface area contributed by atoms with Gasteiger partial charge in [-0.15, -0.1) is 35.3 Å². The number of benzene rings is 1. The van der Waals surface area contributed by atoms with Gasteiger partial charge in [-0.1, -0.05) is 30.3 Å². The maximum Gasteiger partial charge on any atom is 0.232 e. The number of halogens is 1. The third-order valence-electron chi connectivity index (χ3n) is 4.82. The van der Waals surface area contributed by atoms with Crippen molar-refractivity contribution in [2.45, 2.75) is 19.3 Å². The summed E-state index contributed by atoms with van der Waals surface area (Å²) < 4.78 is 5.39. The molecule has 0 spiro atoms. The first-order chi connectivity index (χ1) is 14.2. The molecule has 7 nitrogen and oxygen atoms in total. The maximum atomic E-state index is 13.2. The van der Waals surface area contributed by atoms with E-state index >= 15 is 0 Å². The maximum absolute atomic E-state index is 13.2. The van der Waals surface area contributed by atoms with Gasteiger partial charge < -0.3 is 20.3 Å². The summed E-state index contributed by atoms with van der Waals surface area (Å²) in [4.78, 5) is 25.0. The predicted molar refractivity (Wildman–Crippen MR) is 132 cm³/mol. The molecule has 2 N–H and O–H groups in total. The van der Waals surface area contributed by atoms with Crippen molar-refractivity contribution in [2.75, 3.05) is 46.4 Å². The molecule has 0 aliphatic carbocycles. The van der Waals surface area contributed by atoms with Gasteiger partial charge in [0, 0.05) is 50.7 Å². The fourth-order valence-electron chi connectivity index (χ4n) is 3.26. The van der Waals surface area contributed by atoms with Crippen LogP contribution in [-0.2, 0) is 16.0 Å². The van der Waals surface area contributed by atoms with Crippen LogP contribution < -0.4 is 10.6 Å². The van der Waals surface area contributed by atoms with E-state index in [1.165, 1.54) is 4.88 Å². The first-order valence-corrected chi connectivity index (χ1v) is 10.8. The molecular weight excluding hydrogens is 513 g/mol. The SMILES string of the molecule is CN=C(NCCc1ncc(C)s1)NCC(C(=O)N1CCOCC1)c1ccccc1.I. The van der Waals surface area contributed by atoms with E-state index in [4.69, 9.17) is 4.74 Å². The summed E-state index contributed by atoms with van der Waals surface area (Å²) in [6.45, 7) is 5.76. The number of nitrogens with one attached hydrogen (secondary N) is 2. The minimum absolute atomic E-state index is 0. The van der Waals surface area contributed by atoms with Crippen molar-refractivity contribution in [1.82, 2.24) is 20.5 Å². The van der Waals surface area contributed by atoms with Gasteiger partial charge >= 0.3 is 0 Å². The highest BCUT2D eigenvalue weighted by Crippen LogP contribution is 2.19. The summed E-state index contributed by atoms with van der Waals surface area (Å²) in [6.07, 6.45) is 2.74. The van der Waals surface area contributed by atoms with Gasteiger partial charge in [0.05, 0.1) is 24.1 Å². The average Bonchev–Trinajstić information content (AvgIpc) is 3.18. The van der Waals surface area contributed by atoms with Crippen LogP contribution in [0.3, 0.4) is 0 Å². The van der Waals surface area contributed by atoms with Crippen LogP contribution in [0.5, 0.6) is 0 Å². The number of thiazole rings is 1. The molecule has 0 radical (unpaired) electrons. The lowest BCUT2D eigenvalue weighted by atomic mass is 9.97. The first kappa shape index (κ1) is 24.5. The van der Waals surface area contributed by atoms with Gasteiger partial charge in [-0.3, -0.25) is 9.79 Å². The lowest BCUT2D eigenvalue weighted by Crippen LogP contribution is -2.47. The Kier molecular flexibility index (Phi) is 10.5. The summed E-state index contributed by atoms with van der Waals surface area (Å²) >= 11 is 1.71. The van der Waals surface area contributed by atoms with Crippen LogP contribution in [0.1, 0.15) is 21.4 Å². The number of carbonyl (C=O) groups excluding carboxylic acids is 1. The third kappa shape index (κ3) is 7.21. The quantitative estimate of drug-likeness (QED) is 0.319. The molecule has 2 heterocycles. The van der Waals surface area contributed by atoms with Crippen LogP contribution in [0.25, 0.3) is 0 Å². The number of hydrogen-bond acceptors (Lipinski definition) is 5. The van der Waals surface area contributed by atoms with Gasteiger partial charge in [-0.05, 0) is 12.5 Å². The van der Waals surface area contributed by atoms with Crippen LogP contribution in [0, 0.1) is 6.92 Å². The number of guanidine groups is 1. The molecule has 0 saturated carbocycles. The Labute approximate surface area is 199 Å². The fourth-order valence-corrected chi connectivity index (χ4v) is 4.05. The van der Waals surface area contributed by atoms with Crippen LogP contribution in [0.2, 0.25) is 0 Å². The van der Waals surface area contributed by atoms with E-state index in [0.29, 0.717) is 38.8 Å². The molecule has 1 saturated heterocycles. The van der Waals surface area contributed by atoms with E-state index < -0.39 is 0 Å². The molecule has 1 fully saturated rings. The summed E-state index contributed by atoms with van der Waals surface area (Å²) in [6, 6.07) is 9.92. The summed E-state index contributed by atoms with van der Waals surface area (Å²) in [5.74, 6) is 0.546. The molecule has 1 amide bonds. The van der Waals surface area contributed by atoms with Crippen LogP contribution in [0.15, 0.2) is 41.5 Å². The van der Waals surface area contributed by atoms with Gasteiger partial charge in [0.25, 0.3) is 0 Å². The number of morpholine rings is 1. The number of hydrogen-bond donors (Lipinski definition) is 2. The molecule has 9 heteroatoms. The molecule has 1 aromatic heterocycles. The number of ether oxygens (including phenoxy) is 1. The standard InChI is InChI=1S/C21H29N5O2S.HI/c1-16-14-24-19(29-16)8-9-23-21(22-2)25-15-18(17-6-4-3-5-7-17)20(27)26-10-12-28-13-11-26;/h3-7,14,18H,8-13,15H2,1-2H3,(H2,22,23,25);1H. The van der Waals surface area contributed by atoms with Crippen LogP contribution in [0.4, 0.5) is 0 Å². The lowest BCUT2D eigenvalue weighted by Gasteiger charge is -2.31. The number of rotatable bonds is 7. The van der Waals surface area contributed by atoms with Crippen molar-refractivity contribution in [2.24, 2.45) is 4.99 Å². The minimum Gasteiger partial charge on any atom is -0.378 e. The number of nitrogens with zero attached hydrogens (tertiary/aromatic N) is 3. The number of aliphatic imine (C=N–C) groups is 1. The zero-order valence-corrected chi connectivity index (χ0v) is 20.6. The van der Waals surface area contributed by atoms with E-state index in [1.807, 2.05) is 41.4 Å². The zero-order chi connectivity index (χ0) is 20.5. The van der Waals surface area contributed by atoms with Crippen molar-refractivity contribution < 1.29 is 9.53 Å². The highest BCUT2D eigenvalue weighted by atomic mass is 127. The van der Waals surface area contributed by atoms with Crippen molar-refractivity contribution >= 4 is 47.2 Å². The number of amides is 1. The van der Waals surface area contributed by atoms with Gasteiger partial charge in [0.1, 0.15) is 0 Å². The highest BCUT2D eigenvalue weighted by Gasteiger charge is 2.27. The van der Waals surface area contributed by atoms with Gasteiger partial charge in [0.2, 0.25) is 5.91 Å². The molecule has 0 bridgehead atoms. The molecule has 30 heavy (non-hydrogen) atoms. The van der Waals surface area contributed by atoms with Crippen LogP contribution in [-0.4, -0.2) is 68.2 Å². The topological polar surface area (TPSA) is 78.8 Å². The lowest BCUT2D eigenvalue weighted by molar-refractivity contribution is -0.136. The second-order valence-corrected chi connectivity index (χ2v) is 8.21. The molecule has 1 aliphatic rings. The largest absolute Gasteiger partial charge is 0.378 e. The smallest absolute Gasteiger partial charge is 0.232 e. The molecule has 1 aromatic carbocycles. The van der Waals surface area contributed by atoms with E-state index in [2.05, 4.69) is 27.5 Å². The van der Waals surface area contributed by atoms with Crippen molar-refractivity contribution in [3.63, 3.8) is 0 Å². The summed E-state index contributed by atoms with van der Waals surface area (Å²) in [5, 5.41) is 7.74. The van der Waals surface area contributed by atoms with Gasteiger partial charge in [-0.25, -0.2) is 4.98 Å². The first-order valence-electron chi connectivity index (χ1n) is 9.94. The Morgan fingerprint density at radius 1 is 1.27 bits per heavy atom.